The molecular weight excluding hydrogens is 438 g/mol. The van der Waals surface area contributed by atoms with E-state index < -0.39 is 33.9 Å². The second kappa shape index (κ2) is 9.19. The van der Waals surface area contributed by atoms with Crippen molar-refractivity contribution in [2.24, 2.45) is 0 Å². The van der Waals surface area contributed by atoms with Gasteiger partial charge in [-0.05, 0) is 49.1 Å². The summed E-state index contributed by atoms with van der Waals surface area (Å²) in [5.41, 5.74) is 2.57. The van der Waals surface area contributed by atoms with Crippen LogP contribution in [-0.2, 0) is 26.0 Å². The first-order valence-corrected chi connectivity index (χ1v) is 12.1. The zero-order chi connectivity index (χ0) is 23.6. The van der Waals surface area contributed by atoms with Gasteiger partial charge in [0, 0.05) is 5.56 Å². The first kappa shape index (κ1) is 22.7. The SMILES string of the molecule is COC(=O)[C@@H]1c2ccccc2C(=O)N(S(=O)(=O)c2ccc(C)cc2)[C@H]1CCc1ccccc1. The highest BCUT2D eigenvalue weighted by Gasteiger charge is 2.48. The van der Waals surface area contributed by atoms with Gasteiger partial charge in [0.1, 0.15) is 5.92 Å². The Bertz CT molecular complexity index is 1270. The summed E-state index contributed by atoms with van der Waals surface area (Å²) in [5, 5.41) is 0. The summed E-state index contributed by atoms with van der Waals surface area (Å²) in [7, 11) is -2.95. The van der Waals surface area contributed by atoms with Crippen molar-refractivity contribution < 1.29 is 22.7 Å². The molecule has 1 amide bonds. The zero-order valence-electron chi connectivity index (χ0n) is 18.5. The molecule has 170 valence electrons. The summed E-state index contributed by atoms with van der Waals surface area (Å²) in [6.07, 6.45) is 0.767. The minimum Gasteiger partial charge on any atom is -0.468 e. The summed E-state index contributed by atoms with van der Waals surface area (Å²) < 4.78 is 33.5. The third kappa shape index (κ3) is 4.28. The van der Waals surface area contributed by atoms with Gasteiger partial charge in [0.05, 0.1) is 18.0 Å². The normalized spacial score (nSPS) is 18.0. The lowest BCUT2D eigenvalue weighted by Gasteiger charge is -2.40. The number of benzene rings is 3. The maximum atomic E-state index is 13.7. The number of nitrogens with zero attached hydrogens (tertiary/aromatic N) is 1. The van der Waals surface area contributed by atoms with Crippen LogP contribution in [0.5, 0.6) is 0 Å². The van der Waals surface area contributed by atoms with E-state index in [9.17, 15) is 18.0 Å². The number of fused-ring (bicyclic) bond motifs is 1. The number of rotatable bonds is 6. The summed E-state index contributed by atoms with van der Waals surface area (Å²) >= 11 is 0. The van der Waals surface area contributed by atoms with E-state index in [0.29, 0.717) is 12.0 Å². The van der Waals surface area contributed by atoms with Crippen LogP contribution in [0.3, 0.4) is 0 Å². The fourth-order valence-corrected chi connectivity index (χ4v) is 5.95. The molecule has 0 bridgehead atoms. The van der Waals surface area contributed by atoms with Crippen molar-refractivity contribution >= 4 is 21.9 Å². The van der Waals surface area contributed by atoms with Crippen molar-refractivity contribution in [3.8, 4) is 0 Å². The molecule has 0 saturated carbocycles. The van der Waals surface area contributed by atoms with Gasteiger partial charge in [-0.15, -0.1) is 0 Å². The smallest absolute Gasteiger partial charge is 0.315 e. The van der Waals surface area contributed by atoms with Crippen LogP contribution < -0.4 is 0 Å². The van der Waals surface area contributed by atoms with Crippen LogP contribution in [0, 0.1) is 6.92 Å². The van der Waals surface area contributed by atoms with Gasteiger partial charge in [0.2, 0.25) is 0 Å². The molecule has 2 atom stereocenters. The van der Waals surface area contributed by atoms with E-state index in [2.05, 4.69) is 0 Å². The minimum atomic E-state index is -4.22. The van der Waals surface area contributed by atoms with E-state index in [1.807, 2.05) is 37.3 Å². The Hall–Kier alpha value is -3.45. The Balaban J connectivity index is 1.86. The number of hydrogen-bond donors (Lipinski definition) is 0. The van der Waals surface area contributed by atoms with E-state index in [-0.39, 0.29) is 16.9 Å². The standard InChI is InChI=1S/C26H25NO5S/c1-18-12-15-20(16-13-18)33(30,31)27-23(17-14-19-8-4-3-5-9-19)24(26(29)32-2)21-10-6-7-11-22(21)25(27)28/h3-13,15-16,23-24H,14,17H2,1-2H3/t23-,24+/m0/s1. The Morgan fingerprint density at radius 2 is 1.58 bits per heavy atom. The number of hydrogen-bond acceptors (Lipinski definition) is 5. The fraction of sp³-hybridized carbons (Fsp3) is 0.231. The monoisotopic (exact) mass is 463 g/mol. The van der Waals surface area contributed by atoms with Crippen LogP contribution in [0.15, 0.2) is 83.8 Å². The molecular formula is C26H25NO5S. The molecule has 0 radical (unpaired) electrons. The Morgan fingerprint density at radius 3 is 2.24 bits per heavy atom. The molecule has 1 aliphatic rings. The van der Waals surface area contributed by atoms with Gasteiger partial charge in [-0.2, -0.15) is 0 Å². The van der Waals surface area contributed by atoms with Crippen LogP contribution in [-0.4, -0.2) is 37.8 Å². The highest BCUT2D eigenvalue weighted by molar-refractivity contribution is 7.89. The molecule has 0 aliphatic carbocycles. The summed E-state index contributed by atoms with van der Waals surface area (Å²) in [6.45, 7) is 1.86. The largest absolute Gasteiger partial charge is 0.468 e. The molecule has 33 heavy (non-hydrogen) atoms. The second-order valence-corrected chi connectivity index (χ2v) is 9.91. The quantitative estimate of drug-likeness (QED) is 0.514. The lowest BCUT2D eigenvalue weighted by Crippen LogP contribution is -2.53. The fourth-order valence-electron chi connectivity index (χ4n) is 4.34. The van der Waals surface area contributed by atoms with Crippen molar-refractivity contribution in [3.63, 3.8) is 0 Å². The number of carbonyl (C=O) groups is 2. The summed E-state index contributed by atoms with van der Waals surface area (Å²) in [6, 6.07) is 21.6. The molecule has 4 rings (SSSR count). The molecule has 1 heterocycles. The van der Waals surface area contributed by atoms with E-state index in [1.165, 1.54) is 19.2 Å². The van der Waals surface area contributed by atoms with E-state index >= 15 is 0 Å². The molecule has 6 nitrogen and oxygen atoms in total. The molecule has 0 unspecified atom stereocenters. The number of amides is 1. The maximum Gasteiger partial charge on any atom is 0.315 e. The average molecular weight is 464 g/mol. The van der Waals surface area contributed by atoms with Crippen molar-refractivity contribution in [1.82, 2.24) is 4.31 Å². The van der Waals surface area contributed by atoms with Crippen LogP contribution in [0.4, 0.5) is 0 Å². The Kier molecular flexibility index (Phi) is 6.33. The van der Waals surface area contributed by atoms with Gasteiger partial charge in [-0.3, -0.25) is 9.59 Å². The van der Waals surface area contributed by atoms with Gasteiger partial charge in [0.25, 0.3) is 15.9 Å². The van der Waals surface area contributed by atoms with Crippen molar-refractivity contribution in [2.45, 2.75) is 36.6 Å². The van der Waals surface area contributed by atoms with Crippen LogP contribution in [0.2, 0.25) is 0 Å². The van der Waals surface area contributed by atoms with Crippen LogP contribution in [0.25, 0.3) is 0 Å². The van der Waals surface area contributed by atoms with Gasteiger partial charge < -0.3 is 4.74 Å². The van der Waals surface area contributed by atoms with E-state index in [0.717, 1.165) is 15.4 Å². The van der Waals surface area contributed by atoms with E-state index in [4.69, 9.17) is 4.74 Å². The van der Waals surface area contributed by atoms with Gasteiger partial charge in [0.15, 0.2) is 0 Å². The Morgan fingerprint density at radius 1 is 0.939 bits per heavy atom. The van der Waals surface area contributed by atoms with Crippen LogP contribution >= 0.6 is 0 Å². The third-order valence-electron chi connectivity index (χ3n) is 6.02. The first-order valence-electron chi connectivity index (χ1n) is 10.7. The molecule has 0 fully saturated rings. The van der Waals surface area contributed by atoms with Crippen molar-refractivity contribution in [1.29, 1.82) is 0 Å². The zero-order valence-corrected chi connectivity index (χ0v) is 19.3. The highest BCUT2D eigenvalue weighted by atomic mass is 32.2. The molecule has 0 saturated heterocycles. The molecule has 1 aliphatic heterocycles. The number of esters is 1. The molecule has 7 heteroatoms. The molecule has 0 aromatic heterocycles. The van der Waals surface area contributed by atoms with Gasteiger partial charge >= 0.3 is 5.97 Å². The molecule has 0 spiro atoms. The molecule has 3 aromatic carbocycles. The maximum absolute atomic E-state index is 13.7. The lowest BCUT2D eigenvalue weighted by molar-refractivity contribution is -0.143. The lowest BCUT2D eigenvalue weighted by atomic mass is 9.82. The van der Waals surface area contributed by atoms with Crippen molar-refractivity contribution in [3.05, 3.63) is 101 Å². The van der Waals surface area contributed by atoms with Gasteiger partial charge in [-0.1, -0.05) is 66.2 Å². The average Bonchev–Trinajstić information content (AvgIpc) is 2.83. The number of ether oxygens (including phenoxy) is 1. The number of sulfonamides is 1. The summed E-state index contributed by atoms with van der Waals surface area (Å²) in [5.74, 6) is -2.13. The highest BCUT2D eigenvalue weighted by Crippen LogP contribution is 2.39. The minimum absolute atomic E-state index is 0.00848. The molecule has 0 N–H and O–H groups in total. The number of carbonyl (C=O) groups excluding carboxylic acids is 2. The second-order valence-electron chi connectivity index (χ2n) is 8.10. The summed E-state index contributed by atoms with van der Waals surface area (Å²) in [4.78, 5) is 26.5. The molecule has 3 aromatic rings. The first-order chi connectivity index (χ1) is 15.8. The predicted octanol–water partition coefficient (Wildman–Crippen LogP) is 4.10. The van der Waals surface area contributed by atoms with Gasteiger partial charge in [-0.25, -0.2) is 12.7 Å². The number of aryl methyl sites for hydroxylation is 2. The predicted molar refractivity (Wildman–Crippen MR) is 124 cm³/mol. The number of methoxy groups -OCH3 is 1. The van der Waals surface area contributed by atoms with E-state index in [1.54, 1.807) is 36.4 Å². The van der Waals surface area contributed by atoms with Crippen LogP contribution in [0.1, 0.15) is 39.4 Å². The van der Waals surface area contributed by atoms with Crippen molar-refractivity contribution in [2.75, 3.05) is 7.11 Å². The topological polar surface area (TPSA) is 80.8 Å². The Labute approximate surface area is 193 Å². The third-order valence-corrected chi connectivity index (χ3v) is 7.84.